The first kappa shape index (κ1) is 10.7. The van der Waals surface area contributed by atoms with Gasteiger partial charge < -0.3 is 5.73 Å². The first-order chi connectivity index (χ1) is 8.72. The standard InChI is InChI=1S/C15H16N2S/c1-8-2-3-10-7-12-14(11(10)6-8)17-15(18-12)13(16)9-4-5-9/h2-3,6,9,13H,4-5,7,16H2,1H3. The molecule has 4 rings (SSSR count). The Bertz CT molecular complexity index is 625. The first-order valence-corrected chi connectivity index (χ1v) is 7.39. The Morgan fingerprint density at radius 1 is 1.39 bits per heavy atom. The van der Waals surface area contributed by atoms with Crippen LogP contribution in [0.15, 0.2) is 18.2 Å². The van der Waals surface area contributed by atoms with Crippen molar-refractivity contribution in [2.75, 3.05) is 0 Å². The van der Waals surface area contributed by atoms with Gasteiger partial charge in [0.15, 0.2) is 0 Å². The van der Waals surface area contributed by atoms with Crippen LogP contribution in [0.3, 0.4) is 0 Å². The topological polar surface area (TPSA) is 38.9 Å². The summed E-state index contributed by atoms with van der Waals surface area (Å²) in [6.07, 6.45) is 3.60. The molecule has 1 aromatic heterocycles. The van der Waals surface area contributed by atoms with Crippen LogP contribution >= 0.6 is 11.3 Å². The molecule has 1 fully saturated rings. The van der Waals surface area contributed by atoms with E-state index in [0.717, 1.165) is 11.4 Å². The van der Waals surface area contributed by atoms with Crippen molar-refractivity contribution in [2.45, 2.75) is 32.2 Å². The number of aromatic nitrogens is 1. The zero-order valence-corrected chi connectivity index (χ0v) is 11.3. The van der Waals surface area contributed by atoms with Crippen LogP contribution in [0, 0.1) is 12.8 Å². The first-order valence-electron chi connectivity index (χ1n) is 6.57. The minimum Gasteiger partial charge on any atom is -0.322 e. The summed E-state index contributed by atoms with van der Waals surface area (Å²) in [7, 11) is 0. The zero-order chi connectivity index (χ0) is 12.3. The van der Waals surface area contributed by atoms with E-state index in [1.54, 1.807) is 0 Å². The smallest absolute Gasteiger partial charge is 0.111 e. The fraction of sp³-hybridized carbons (Fsp3) is 0.400. The van der Waals surface area contributed by atoms with E-state index in [1.807, 2.05) is 11.3 Å². The van der Waals surface area contributed by atoms with Crippen LogP contribution in [0.5, 0.6) is 0 Å². The molecule has 0 amide bonds. The van der Waals surface area contributed by atoms with Crippen molar-refractivity contribution in [3.63, 3.8) is 0 Å². The summed E-state index contributed by atoms with van der Waals surface area (Å²) < 4.78 is 0. The molecule has 0 spiro atoms. The van der Waals surface area contributed by atoms with Gasteiger partial charge in [0.25, 0.3) is 0 Å². The molecule has 0 bridgehead atoms. The summed E-state index contributed by atoms with van der Waals surface area (Å²) in [5, 5.41) is 1.15. The summed E-state index contributed by atoms with van der Waals surface area (Å²) in [6.45, 7) is 2.14. The molecule has 1 unspecified atom stereocenters. The van der Waals surface area contributed by atoms with Gasteiger partial charge in [-0.15, -0.1) is 11.3 Å². The number of hydrogen-bond donors (Lipinski definition) is 1. The normalized spacial score (nSPS) is 18.6. The highest BCUT2D eigenvalue weighted by molar-refractivity contribution is 7.12. The summed E-state index contributed by atoms with van der Waals surface area (Å²) in [4.78, 5) is 6.23. The molecule has 1 aromatic carbocycles. The van der Waals surface area contributed by atoms with Crippen molar-refractivity contribution in [2.24, 2.45) is 11.7 Å². The van der Waals surface area contributed by atoms with Crippen LogP contribution in [0.4, 0.5) is 0 Å². The predicted molar refractivity (Wildman–Crippen MR) is 74.7 cm³/mol. The van der Waals surface area contributed by atoms with Gasteiger partial charge in [-0.2, -0.15) is 0 Å². The van der Waals surface area contributed by atoms with E-state index in [4.69, 9.17) is 10.7 Å². The number of benzene rings is 1. The molecule has 1 saturated carbocycles. The largest absolute Gasteiger partial charge is 0.322 e. The third kappa shape index (κ3) is 1.54. The van der Waals surface area contributed by atoms with Gasteiger partial charge in [-0.05, 0) is 37.3 Å². The summed E-state index contributed by atoms with van der Waals surface area (Å²) in [5.74, 6) is 0.688. The molecule has 0 radical (unpaired) electrons. The van der Waals surface area contributed by atoms with E-state index >= 15 is 0 Å². The van der Waals surface area contributed by atoms with Crippen molar-refractivity contribution in [1.29, 1.82) is 0 Å². The molecule has 18 heavy (non-hydrogen) atoms. The Hall–Kier alpha value is -1.19. The number of rotatable bonds is 2. The number of aryl methyl sites for hydroxylation is 1. The fourth-order valence-electron chi connectivity index (χ4n) is 2.74. The highest BCUT2D eigenvalue weighted by Crippen LogP contribution is 2.45. The molecule has 2 aliphatic carbocycles. The molecule has 0 aliphatic heterocycles. The van der Waals surface area contributed by atoms with Gasteiger partial charge in [0.2, 0.25) is 0 Å². The number of thiazole rings is 1. The van der Waals surface area contributed by atoms with Gasteiger partial charge >= 0.3 is 0 Å². The van der Waals surface area contributed by atoms with E-state index in [2.05, 4.69) is 25.1 Å². The second kappa shape index (κ2) is 3.65. The second-order valence-corrected chi connectivity index (χ2v) is 6.64. The van der Waals surface area contributed by atoms with Gasteiger partial charge in [0.1, 0.15) is 5.01 Å². The molecule has 2 aromatic rings. The van der Waals surface area contributed by atoms with E-state index in [1.165, 1.54) is 40.1 Å². The monoisotopic (exact) mass is 256 g/mol. The van der Waals surface area contributed by atoms with Crippen molar-refractivity contribution in [3.8, 4) is 11.3 Å². The maximum atomic E-state index is 6.26. The van der Waals surface area contributed by atoms with E-state index in [-0.39, 0.29) is 6.04 Å². The number of nitrogens with zero attached hydrogens (tertiary/aromatic N) is 1. The molecule has 92 valence electrons. The highest BCUT2D eigenvalue weighted by atomic mass is 32.1. The van der Waals surface area contributed by atoms with E-state index in [0.29, 0.717) is 5.92 Å². The second-order valence-electron chi connectivity index (χ2n) is 5.52. The van der Waals surface area contributed by atoms with Crippen LogP contribution in [0.25, 0.3) is 11.3 Å². The third-order valence-corrected chi connectivity index (χ3v) is 5.16. The minimum atomic E-state index is 0.175. The molecule has 2 nitrogen and oxygen atoms in total. The van der Waals surface area contributed by atoms with Crippen LogP contribution in [0.1, 0.15) is 39.9 Å². The molecule has 0 saturated heterocycles. The van der Waals surface area contributed by atoms with Gasteiger partial charge in [-0.25, -0.2) is 4.98 Å². The van der Waals surface area contributed by atoms with Gasteiger partial charge in [0, 0.05) is 16.9 Å². The van der Waals surface area contributed by atoms with Gasteiger partial charge in [-0.1, -0.05) is 17.7 Å². The number of fused-ring (bicyclic) bond motifs is 3. The van der Waals surface area contributed by atoms with Crippen LogP contribution < -0.4 is 5.73 Å². The molecular weight excluding hydrogens is 240 g/mol. The molecule has 1 heterocycles. The lowest BCUT2D eigenvalue weighted by Crippen LogP contribution is -2.11. The third-order valence-electron chi connectivity index (χ3n) is 4.00. The Kier molecular flexibility index (Phi) is 2.17. The molecule has 2 N–H and O–H groups in total. The molecule has 1 atom stereocenters. The maximum absolute atomic E-state index is 6.26. The zero-order valence-electron chi connectivity index (χ0n) is 10.4. The molecule has 3 heteroatoms. The lowest BCUT2D eigenvalue weighted by Gasteiger charge is -2.06. The quantitative estimate of drug-likeness (QED) is 0.763. The summed E-state index contributed by atoms with van der Waals surface area (Å²) >= 11 is 1.82. The van der Waals surface area contributed by atoms with Crippen molar-refractivity contribution < 1.29 is 0 Å². The Balaban J connectivity index is 1.78. The Labute approximate surface area is 111 Å². The van der Waals surface area contributed by atoms with Crippen LogP contribution in [-0.4, -0.2) is 4.98 Å². The number of nitrogens with two attached hydrogens (primary N) is 1. The number of hydrogen-bond acceptors (Lipinski definition) is 3. The lowest BCUT2D eigenvalue weighted by molar-refractivity contribution is 0.629. The molecule has 2 aliphatic rings. The average Bonchev–Trinajstić information content (AvgIpc) is 3.03. The minimum absolute atomic E-state index is 0.175. The molecular formula is C15H16N2S. The predicted octanol–water partition coefficient (Wildman–Crippen LogP) is 3.43. The van der Waals surface area contributed by atoms with Crippen molar-refractivity contribution in [3.05, 3.63) is 39.2 Å². The SMILES string of the molecule is Cc1ccc2c(c1)-c1nc(C(N)C3CC3)sc1C2. The van der Waals surface area contributed by atoms with E-state index < -0.39 is 0 Å². The Morgan fingerprint density at radius 3 is 3.00 bits per heavy atom. The van der Waals surface area contributed by atoms with Gasteiger partial charge in [0.05, 0.1) is 11.7 Å². The average molecular weight is 256 g/mol. The van der Waals surface area contributed by atoms with Crippen molar-refractivity contribution >= 4 is 11.3 Å². The maximum Gasteiger partial charge on any atom is 0.111 e. The van der Waals surface area contributed by atoms with Crippen LogP contribution in [0.2, 0.25) is 0 Å². The Morgan fingerprint density at radius 2 is 2.22 bits per heavy atom. The summed E-state index contributed by atoms with van der Waals surface area (Å²) in [6, 6.07) is 6.85. The van der Waals surface area contributed by atoms with Gasteiger partial charge in [-0.3, -0.25) is 0 Å². The summed E-state index contributed by atoms with van der Waals surface area (Å²) in [5.41, 5.74) is 11.5. The fourth-order valence-corrected chi connectivity index (χ4v) is 3.94. The highest BCUT2D eigenvalue weighted by Gasteiger charge is 2.33. The van der Waals surface area contributed by atoms with E-state index in [9.17, 15) is 0 Å². The van der Waals surface area contributed by atoms with Crippen molar-refractivity contribution in [1.82, 2.24) is 4.98 Å². The van der Waals surface area contributed by atoms with Crippen LogP contribution in [-0.2, 0) is 6.42 Å². The lowest BCUT2D eigenvalue weighted by atomic mass is 10.1.